The Kier molecular flexibility index (Phi) is 4.92. The van der Waals surface area contributed by atoms with Crippen molar-refractivity contribution in [2.24, 2.45) is 0 Å². The van der Waals surface area contributed by atoms with Gasteiger partial charge in [-0.15, -0.1) is 0 Å². The highest BCUT2D eigenvalue weighted by atomic mass is 16.1. The molecule has 1 unspecified atom stereocenters. The van der Waals surface area contributed by atoms with E-state index < -0.39 is 0 Å². The predicted octanol–water partition coefficient (Wildman–Crippen LogP) is 2.01. The average molecular weight is 287 g/mol. The number of rotatable bonds is 6. The fourth-order valence-corrected chi connectivity index (χ4v) is 2.12. The van der Waals surface area contributed by atoms with Crippen LogP contribution in [0.25, 0.3) is 6.08 Å². The second-order valence-corrected chi connectivity index (χ2v) is 4.76. The maximum Gasteiger partial charge on any atom is 0.244 e. The summed E-state index contributed by atoms with van der Waals surface area (Å²) in [6.07, 6.45) is 8.68. The third-order valence-electron chi connectivity index (χ3n) is 3.26. The van der Waals surface area contributed by atoms with E-state index in [-0.39, 0.29) is 11.9 Å². The smallest absolute Gasteiger partial charge is 0.244 e. The van der Waals surface area contributed by atoms with Gasteiger partial charge in [0, 0.05) is 37.1 Å². The summed E-state index contributed by atoms with van der Waals surface area (Å²) in [5.41, 5.74) is 1.91. The maximum absolute atomic E-state index is 11.9. The van der Waals surface area contributed by atoms with Crippen LogP contribution in [0.3, 0.4) is 0 Å². The van der Waals surface area contributed by atoms with Gasteiger partial charge in [0.05, 0.1) is 17.9 Å². The summed E-state index contributed by atoms with van der Waals surface area (Å²) in [7, 11) is 0. The summed E-state index contributed by atoms with van der Waals surface area (Å²) in [6.45, 7) is 7.60. The van der Waals surface area contributed by atoms with Crippen LogP contribution in [-0.4, -0.2) is 25.5 Å². The van der Waals surface area contributed by atoms with E-state index in [1.807, 2.05) is 42.4 Å². The van der Waals surface area contributed by atoms with Crippen LogP contribution in [0.15, 0.2) is 30.7 Å². The molecule has 0 aromatic carbocycles. The molecule has 2 aromatic heterocycles. The summed E-state index contributed by atoms with van der Waals surface area (Å²) >= 11 is 0. The van der Waals surface area contributed by atoms with Crippen LogP contribution >= 0.6 is 0 Å². The van der Waals surface area contributed by atoms with Gasteiger partial charge < -0.3 is 5.32 Å². The topological polar surface area (TPSA) is 64.7 Å². The summed E-state index contributed by atoms with van der Waals surface area (Å²) in [4.78, 5) is 11.9. The number of nitrogens with zero attached hydrogens (tertiary/aromatic N) is 4. The largest absolute Gasteiger partial charge is 0.344 e. The maximum atomic E-state index is 11.9. The molecule has 0 spiro atoms. The molecule has 2 rings (SSSR count). The van der Waals surface area contributed by atoms with Crippen molar-refractivity contribution in [3.63, 3.8) is 0 Å². The van der Waals surface area contributed by atoms with E-state index in [2.05, 4.69) is 15.5 Å². The van der Waals surface area contributed by atoms with Crippen LogP contribution in [0.1, 0.15) is 38.1 Å². The van der Waals surface area contributed by atoms with Gasteiger partial charge in [0.25, 0.3) is 0 Å². The van der Waals surface area contributed by atoms with E-state index in [4.69, 9.17) is 0 Å². The lowest BCUT2D eigenvalue weighted by molar-refractivity contribution is -0.117. The lowest BCUT2D eigenvalue weighted by Crippen LogP contribution is -2.26. The molecule has 0 saturated carbocycles. The Labute approximate surface area is 124 Å². The molecule has 1 atom stereocenters. The highest BCUT2D eigenvalue weighted by Gasteiger charge is 2.11. The fraction of sp³-hybridized carbons (Fsp3) is 0.400. The molecular formula is C15H21N5O. The molecule has 0 radical (unpaired) electrons. The standard InChI is InChI=1S/C15H21N5O/c1-4-19-11-13(10-17-19)6-7-15(21)18-12(3)14-8-9-16-20(14)5-2/h6-12H,4-5H2,1-3H3,(H,18,21)/b7-6+. The Balaban J connectivity index is 1.95. The van der Waals surface area contributed by atoms with Gasteiger partial charge in [0.15, 0.2) is 0 Å². The van der Waals surface area contributed by atoms with Gasteiger partial charge in [0.1, 0.15) is 0 Å². The minimum absolute atomic E-state index is 0.0806. The molecule has 0 aliphatic heterocycles. The minimum Gasteiger partial charge on any atom is -0.344 e. The fourth-order valence-electron chi connectivity index (χ4n) is 2.12. The SMILES string of the molecule is CCn1cc(/C=C/C(=O)NC(C)c2ccnn2CC)cn1. The zero-order chi connectivity index (χ0) is 15.2. The van der Waals surface area contributed by atoms with Crippen molar-refractivity contribution >= 4 is 12.0 Å². The molecule has 1 N–H and O–H groups in total. The number of nitrogens with one attached hydrogen (secondary N) is 1. The summed E-state index contributed by atoms with van der Waals surface area (Å²) in [6, 6.07) is 1.84. The zero-order valence-electron chi connectivity index (χ0n) is 12.7. The Bertz CT molecular complexity index is 626. The van der Waals surface area contributed by atoms with Gasteiger partial charge >= 0.3 is 0 Å². The Morgan fingerprint density at radius 1 is 1.38 bits per heavy atom. The first-order chi connectivity index (χ1) is 10.1. The summed E-state index contributed by atoms with van der Waals surface area (Å²) in [5.74, 6) is -0.129. The molecule has 2 heterocycles. The predicted molar refractivity (Wildman–Crippen MR) is 81.4 cm³/mol. The summed E-state index contributed by atoms with van der Waals surface area (Å²) < 4.78 is 3.69. The molecule has 6 heteroatoms. The molecule has 0 bridgehead atoms. The molecule has 2 aromatic rings. The van der Waals surface area contributed by atoms with Crippen LogP contribution < -0.4 is 5.32 Å². The van der Waals surface area contributed by atoms with E-state index in [9.17, 15) is 4.79 Å². The molecule has 0 aliphatic rings. The Morgan fingerprint density at radius 3 is 2.86 bits per heavy atom. The zero-order valence-corrected chi connectivity index (χ0v) is 12.7. The van der Waals surface area contributed by atoms with E-state index in [1.54, 1.807) is 18.5 Å². The quantitative estimate of drug-likeness (QED) is 0.827. The number of aromatic nitrogens is 4. The van der Waals surface area contributed by atoms with Crippen molar-refractivity contribution in [2.75, 3.05) is 0 Å². The van der Waals surface area contributed by atoms with Crippen molar-refractivity contribution in [2.45, 2.75) is 39.9 Å². The molecule has 112 valence electrons. The van der Waals surface area contributed by atoms with Crippen LogP contribution in [0.4, 0.5) is 0 Å². The molecule has 21 heavy (non-hydrogen) atoms. The molecule has 6 nitrogen and oxygen atoms in total. The van der Waals surface area contributed by atoms with E-state index in [0.717, 1.165) is 24.3 Å². The van der Waals surface area contributed by atoms with Crippen molar-refractivity contribution in [1.82, 2.24) is 24.9 Å². The molecule has 0 fully saturated rings. The van der Waals surface area contributed by atoms with Gasteiger partial charge in [0.2, 0.25) is 5.91 Å². The highest BCUT2D eigenvalue weighted by Crippen LogP contribution is 2.11. The Morgan fingerprint density at radius 2 is 2.19 bits per heavy atom. The number of amides is 1. The minimum atomic E-state index is -0.129. The van der Waals surface area contributed by atoms with Crippen LogP contribution in [-0.2, 0) is 17.9 Å². The van der Waals surface area contributed by atoms with Crippen LogP contribution in [0.5, 0.6) is 0 Å². The molecule has 1 amide bonds. The van der Waals surface area contributed by atoms with Crippen LogP contribution in [0, 0.1) is 0 Å². The number of carbonyl (C=O) groups is 1. The highest BCUT2D eigenvalue weighted by molar-refractivity contribution is 5.91. The van der Waals surface area contributed by atoms with Gasteiger partial charge in [-0.3, -0.25) is 14.2 Å². The van der Waals surface area contributed by atoms with Crippen molar-refractivity contribution in [1.29, 1.82) is 0 Å². The van der Waals surface area contributed by atoms with Gasteiger partial charge in [-0.25, -0.2) is 0 Å². The monoisotopic (exact) mass is 287 g/mol. The number of aryl methyl sites for hydroxylation is 2. The van der Waals surface area contributed by atoms with Gasteiger partial charge in [-0.1, -0.05) is 0 Å². The second-order valence-electron chi connectivity index (χ2n) is 4.76. The third kappa shape index (κ3) is 3.81. The number of hydrogen-bond acceptors (Lipinski definition) is 3. The average Bonchev–Trinajstić information content (AvgIpc) is 3.13. The normalized spacial score (nSPS) is 12.7. The van der Waals surface area contributed by atoms with Crippen molar-refractivity contribution in [3.05, 3.63) is 42.0 Å². The first kappa shape index (κ1) is 15.0. The third-order valence-corrected chi connectivity index (χ3v) is 3.26. The first-order valence-corrected chi connectivity index (χ1v) is 7.16. The van der Waals surface area contributed by atoms with E-state index >= 15 is 0 Å². The van der Waals surface area contributed by atoms with Gasteiger partial charge in [-0.05, 0) is 32.9 Å². The summed E-state index contributed by atoms with van der Waals surface area (Å²) in [5, 5.41) is 11.3. The second kappa shape index (κ2) is 6.88. The lowest BCUT2D eigenvalue weighted by atomic mass is 10.2. The van der Waals surface area contributed by atoms with Crippen LogP contribution in [0.2, 0.25) is 0 Å². The molecule has 0 saturated heterocycles. The molecule has 0 aliphatic carbocycles. The van der Waals surface area contributed by atoms with Gasteiger partial charge in [-0.2, -0.15) is 10.2 Å². The molecular weight excluding hydrogens is 266 g/mol. The van der Waals surface area contributed by atoms with E-state index in [0.29, 0.717) is 0 Å². The lowest BCUT2D eigenvalue weighted by Gasteiger charge is -2.13. The van der Waals surface area contributed by atoms with Crippen molar-refractivity contribution < 1.29 is 4.79 Å². The Hall–Kier alpha value is -2.37. The number of carbonyl (C=O) groups excluding carboxylic acids is 1. The van der Waals surface area contributed by atoms with E-state index in [1.165, 1.54) is 6.08 Å². The van der Waals surface area contributed by atoms with Crippen molar-refractivity contribution in [3.8, 4) is 0 Å². The first-order valence-electron chi connectivity index (χ1n) is 7.16. The number of hydrogen-bond donors (Lipinski definition) is 1.